The maximum absolute atomic E-state index is 12.0. The first-order valence-electron chi connectivity index (χ1n) is 13.1. The van der Waals surface area contributed by atoms with Crippen LogP contribution in [0.3, 0.4) is 0 Å². The molecular formula is C30H44O. The second-order valence-corrected chi connectivity index (χ2v) is 14.2. The van der Waals surface area contributed by atoms with Gasteiger partial charge in [0.05, 0.1) is 6.10 Å². The lowest BCUT2D eigenvalue weighted by Gasteiger charge is -2.69. The van der Waals surface area contributed by atoms with E-state index in [9.17, 15) is 5.11 Å². The number of rotatable bonds is 2. The van der Waals surface area contributed by atoms with Gasteiger partial charge in [-0.3, -0.25) is 0 Å². The minimum atomic E-state index is -0.187. The van der Waals surface area contributed by atoms with Gasteiger partial charge in [0.25, 0.3) is 0 Å². The largest absolute Gasteiger partial charge is 0.392 e. The van der Waals surface area contributed by atoms with Crippen molar-refractivity contribution < 1.29 is 5.11 Å². The third-order valence-corrected chi connectivity index (χ3v) is 12.8. The van der Waals surface area contributed by atoms with Gasteiger partial charge in [0.2, 0.25) is 0 Å². The number of hydrogen-bond acceptors (Lipinski definition) is 1. The highest BCUT2D eigenvalue weighted by Crippen LogP contribution is 2.75. The Morgan fingerprint density at radius 2 is 1.29 bits per heavy atom. The van der Waals surface area contributed by atoms with Gasteiger partial charge in [0.15, 0.2) is 0 Å². The molecule has 9 rings (SSSR count). The molecule has 170 valence electrons. The van der Waals surface area contributed by atoms with Crippen molar-refractivity contribution in [2.45, 2.75) is 101 Å². The molecule has 9 aliphatic rings. The smallest absolute Gasteiger partial charge is 0.0653 e. The van der Waals surface area contributed by atoms with E-state index in [1.54, 1.807) is 33.4 Å². The lowest BCUT2D eigenvalue weighted by Crippen LogP contribution is -2.63. The minimum absolute atomic E-state index is 0.141. The Morgan fingerprint density at radius 3 is 1.77 bits per heavy atom. The van der Waals surface area contributed by atoms with Crippen LogP contribution in [-0.2, 0) is 0 Å². The maximum Gasteiger partial charge on any atom is 0.0653 e. The van der Waals surface area contributed by atoms with Crippen molar-refractivity contribution in [3.8, 4) is 0 Å². The van der Waals surface area contributed by atoms with Crippen LogP contribution in [0, 0.1) is 51.2 Å². The van der Waals surface area contributed by atoms with Crippen molar-refractivity contribution in [1.29, 1.82) is 0 Å². The van der Waals surface area contributed by atoms with Crippen LogP contribution in [0.4, 0.5) is 0 Å². The molecule has 3 fully saturated rings. The first kappa shape index (κ1) is 20.8. The van der Waals surface area contributed by atoms with Gasteiger partial charge >= 0.3 is 0 Å². The third kappa shape index (κ3) is 2.06. The molecule has 0 aliphatic heterocycles. The first-order valence-corrected chi connectivity index (χ1v) is 13.1. The SMILES string of the molecule is CC1=C2C[C@H](C[C@@H]1[C@]1([C@H]3C(C)=C4C[C@@H]([C@@H]3O)C4(C)C)C[C@@H]3CC(=C1C)C3(C)C)C2(C)C. The van der Waals surface area contributed by atoms with Crippen LogP contribution in [0.2, 0.25) is 0 Å². The molecule has 0 spiro atoms. The zero-order valence-electron chi connectivity index (χ0n) is 21.4. The fourth-order valence-electron chi connectivity index (χ4n) is 10.3. The molecule has 0 amide bonds. The molecule has 0 saturated heterocycles. The van der Waals surface area contributed by atoms with Crippen molar-refractivity contribution in [3.63, 3.8) is 0 Å². The molecule has 9 aliphatic carbocycles. The van der Waals surface area contributed by atoms with Gasteiger partial charge in [-0.15, -0.1) is 0 Å². The Morgan fingerprint density at radius 1 is 0.710 bits per heavy atom. The molecule has 1 heteroatoms. The summed E-state index contributed by atoms with van der Waals surface area (Å²) >= 11 is 0. The number of aliphatic hydroxyl groups excluding tert-OH is 1. The second kappa shape index (κ2) is 5.63. The molecule has 3 saturated carbocycles. The summed E-state index contributed by atoms with van der Waals surface area (Å²) in [5, 5.41) is 12.0. The van der Waals surface area contributed by atoms with E-state index in [1.165, 1.54) is 25.7 Å². The topological polar surface area (TPSA) is 20.2 Å². The average molecular weight is 421 g/mol. The van der Waals surface area contributed by atoms with E-state index < -0.39 is 0 Å². The Hall–Kier alpha value is -0.820. The Balaban J connectivity index is 1.57. The van der Waals surface area contributed by atoms with Crippen LogP contribution in [-0.4, -0.2) is 11.2 Å². The molecule has 0 aromatic carbocycles. The molecule has 1 nitrogen and oxygen atoms in total. The molecule has 0 aromatic heterocycles. The fraction of sp³-hybridized carbons (Fsp3) is 0.800. The molecule has 0 aromatic rings. The van der Waals surface area contributed by atoms with E-state index in [0.29, 0.717) is 28.6 Å². The molecule has 7 atom stereocenters. The van der Waals surface area contributed by atoms with Crippen molar-refractivity contribution in [3.05, 3.63) is 33.4 Å². The zero-order valence-corrected chi connectivity index (χ0v) is 21.4. The summed E-state index contributed by atoms with van der Waals surface area (Å²) in [6.45, 7) is 22.1. The van der Waals surface area contributed by atoms with Crippen molar-refractivity contribution in [2.75, 3.05) is 0 Å². The highest BCUT2D eigenvalue weighted by Gasteiger charge is 2.67. The standard InChI is InChI=1S/C30H44O/c1-15-20-10-18(27(20,4)5)11-22(15)30(14-19-12-23(17(30)3)28(19,6)7)25-16(2)21-13-24(26(25)31)29(21,8)9/h18-19,22,24-26,31H,10-14H2,1-9H3/t18-,19+,22+,24+,25+,26+,30+/m1/s1. The lowest BCUT2D eigenvalue weighted by atomic mass is 9.35. The Labute approximate surface area is 190 Å². The van der Waals surface area contributed by atoms with Crippen molar-refractivity contribution in [1.82, 2.24) is 0 Å². The van der Waals surface area contributed by atoms with Crippen molar-refractivity contribution >= 4 is 0 Å². The summed E-state index contributed by atoms with van der Waals surface area (Å²) in [6.07, 6.45) is 6.21. The Bertz CT molecular complexity index is 982. The van der Waals surface area contributed by atoms with Gasteiger partial charge in [0.1, 0.15) is 0 Å². The molecule has 31 heavy (non-hydrogen) atoms. The normalized spacial score (nSPS) is 48.2. The Kier molecular flexibility index (Phi) is 3.77. The number of fused-ring (bicyclic) bond motifs is 8. The van der Waals surface area contributed by atoms with E-state index in [2.05, 4.69) is 62.3 Å². The zero-order chi connectivity index (χ0) is 22.5. The fourth-order valence-corrected chi connectivity index (χ4v) is 10.3. The lowest BCUT2D eigenvalue weighted by molar-refractivity contribution is -0.110. The van der Waals surface area contributed by atoms with E-state index in [0.717, 1.165) is 18.3 Å². The van der Waals surface area contributed by atoms with Gasteiger partial charge in [-0.25, -0.2) is 0 Å². The van der Waals surface area contributed by atoms with Crippen LogP contribution in [0.5, 0.6) is 0 Å². The van der Waals surface area contributed by atoms with Crippen LogP contribution in [0.15, 0.2) is 33.4 Å². The predicted octanol–water partition coefficient (Wildman–Crippen LogP) is 7.47. The summed E-state index contributed by atoms with van der Waals surface area (Å²) in [7, 11) is 0. The second-order valence-electron chi connectivity index (χ2n) is 14.2. The summed E-state index contributed by atoms with van der Waals surface area (Å²) in [4.78, 5) is 0. The molecule has 6 bridgehead atoms. The summed E-state index contributed by atoms with van der Waals surface area (Å²) in [5.74, 6) is 3.01. The molecule has 0 unspecified atom stereocenters. The van der Waals surface area contributed by atoms with Gasteiger partial charge in [-0.1, -0.05) is 75.0 Å². The van der Waals surface area contributed by atoms with Gasteiger partial charge in [0, 0.05) is 11.3 Å². The minimum Gasteiger partial charge on any atom is -0.392 e. The van der Waals surface area contributed by atoms with Gasteiger partial charge in [-0.05, 0) is 92.8 Å². The predicted molar refractivity (Wildman–Crippen MR) is 128 cm³/mol. The summed E-state index contributed by atoms with van der Waals surface area (Å²) in [5.41, 5.74) is 11.2. The maximum atomic E-state index is 12.0. The van der Waals surface area contributed by atoms with Crippen molar-refractivity contribution in [2.24, 2.45) is 51.2 Å². The first-order chi connectivity index (χ1) is 14.3. The monoisotopic (exact) mass is 420 g/mol. The van der Waals surface area contributed by atoms with E-state index in [1.807, 2.05) is 0 Å². The number of aliphatic hydroxyl groups is 1. The average Bonchev–Trinajstić information content (AvgIpc) is 2.67. The van der Waals surface area contributed by atoms with Crippen LogP contribution < -0.4 is 0 Å². The van der Waals surface area contributed by atoms with Gasteiger partial charge < -0.3 is 5.11 Å². The highest BCUT2D eigenvalue weighted by molar-refractivity contribution is 5.49. The molecular weight excluding hydrogens is 376 g/mol. The molecule has 0 heterocycles. The van der Waals surface area contributed by atoms with E-state index in [-0.39, 0.29) is 16.9 Å². The quantitative estimate of drug-likeness (QED) is 0.459. The number of allylic oxidation sites excluding steroid dienone is 5. The molecule has 0 radical (unpaired) electrons. The van der Waals surface area contributed by atoms with E-state index >= 15 is 0 Å². The molecule has 1 N–H and O–H groups in total. The summed E-state index contributed by atoms with van der Waals surface area (Å²) < 4.78 is 0. The van der Waals surface area contributed by atoms with Crippen LogP contribution in [0.1, 0.15) is 94.4 Å². The number of hydrogen-bond donors (Lipinski definition) is 1. The van der Waals surface area contributed by atoms with E-state index in [4.69, 9.17) is 0 Å². The van der Waals surface area contributed by atoms with Gasteiger partial charge in [-0.2, -0.15) is 0 Å². The third-order valence-electron chi connectivity index (χ3n) is 12.8. The van der Waals surface area contributed by atoms with Crippen LogP contribution >= 0.6 is 0 Å². The van der Waals surface area contributed by atoms with Crippen LogP contribution in [0.25, 0.3) is 0 Å². The summed E-state index contributed by atoms with van der Waals surface area (Å²) in [6, 6.07) is 0. The highest BCUT2D eigenvalue weighted by atomic mass is 16.3.